The van der Waals surface area contributed by atoms with Crippen LogP contribution in [0.5, 0.6) is 0 Å². The first kappa shape index (κ1) is 11.3. The van der Waals surface area contributed by atoms with Crippen LogP contribution in [-0.4, -0.2) is 4.57 Å². The van der Waals surface area contributed by atoms with Gasteiger partial charge in [0.05, 0.1) is 5.52 Å². The summed E-state index contributed by atoms with van der Waals surface area (Å²) in [5.74, 6) is 0.587. The quantitative estimate of drug-likeness (QED) is 0.671. The number of benzene rings is 1. The van der Waals surface area contributed by atoms with E-state index < -0.39 is 0 Å². The van der Waals surface area contributed by atoms with Gasteiger partial charge in [0.15, 0.2) is 0 Å². The lowest BCUT2D eigenvalue weighted by Gasteiger charge is -2.17. The zero-order valence-corrected chi connectivity index (χ0v) is 11.2. The Bertz CT molecular complexity index is 544. The molecule has 16 heavy (non-hydrogen) atoms. The Hall–Kier alpha value is -1.24. The summed E-state index contributed by atoms with van der Waals surface area (Å²) >= 11 is 0. The van der Waals surface area contributed by atoms with Crippen LogP contribution >= 0.6 is 0 Å². The van der Waals surface area contributed by atoms with Crippen LogP contribution < -0.4 is 0 Å². The van der Waals surface area contributed by atoms with Gasteiger partial charge in [-0.3, -0.25) is 0 Å². The fraction of sp³-hybridized carbons (Fsp3) is 0.467. The summed E-state index contributed by atoms with van der Waals surface area (Å²) in [6, 6.07) is 2.25. The van der Waals surface area contributed by atoms with E-state index in [1.54, 1.807) is 0 Å². The lowest BCUT2D eigenvalue weighted by Crippen LogP contribution is -2.00. The van der Waals surface area contributed by atoms with Crippen LogP contribution in [0.1, 0.15) is 42.0 Å². The summed E-state index contributed by atoms with van der Waals surface area (Å²) in [6.07, 6.45) is 2.17. The average Bonchev–Trinajstić information content (AvgIpc) is 2.57. The van der Waals surface area contributed by atoms with Gasteiger partial charge < -0.3 is 4.57 Å². The van der Waals surface area contributed by atoms with E-state index in [1.165, 1.54) is 33.2 Å². The third kappa shape index (κ3) is 1.38. The molecule has 0 bridgehead atoms. The van der Waals surface area contributed by atoms with Crippen LogP contribution in [0.2, 0.25) is 0 Å². The van der Waals surface area contributed by atoms with Gasteiger partial charge in [0.25, 0.3) is 0 Å². The molecule has 2 aromatic rings. The highest BCUT2D eigenvalue weighted by molar-refractivity contribution is 5.89. The third-order valence-corrected chi connectivity index (χ3v) is 3.82. The minimum atomic E-state index is 0.587. The molecule has 1 nitrogen and oxygen atoms in total. The predicted octanol–water partition coefficient (Wildman–Crippen LogP) is 4.23. The molecule has 0 aliphatic heterocycles. The van der Waals surface area contributed by atoms with Gasteiger partial charge in [0.1, 0.15) is 0 Å². The predicted molar refractivity (Wildman–Crippen MR) is 71.2 cm³/mol. The van der Waals surface area contributed by atoms with Crippen molar-refractivity contribution in [1.29, 1.82) is 0 Å². The van der Waals surface area contributed by atoms with Crippen molar-refractivity contribution in [3.8, 4) is 0 Å². The van der Waals surface area contributed by atoms with E-state index in [1.807, 2.05) is 0 Å². The molecule has 1 heterocycles. The highest BCUT2D eigenvalue weighted by Gasteiger charge is 2.15. The molecule has 0 saturated carbocycles. The lowest BCUT2D eigenvalue weighted by atomic mass is 9.89. The first-order valence-electron chi connectivity index (χ1n) is 5.99. The fourth-order valence-corrected chi connectivity index (χ4v) is 2.82. The van der Waals surface area contributed by atoms with E-state index in [-0.39, 0.29) is 0 Å². The largest absolute Gasteiger partial charge is 0.350 e. The molecule has 86 valence electrons. The number of aryl methyl sites for hydroxylation is 2. The Labute approximate surface area is 98.1 Å². The Balaban J connectivity index is 2.99. The van der Waals surface area contributed by atoms with Crippen LogP contribution in [0.15, 0.2) is 12.3 Å². The summed E-state index contributed by atoms with van der Waals surface area (Å²) in [5.41, 5.74) is 7.24. The number of nitrogens with zero attached hydrogens (tertiary/aromatic N) is 1. The molecule has 0 fully saturated rings. The van der Waals surface area contributed by atoms with Crippen molar-refractivity contribution in [3.63, 3.8) is 0 Å². The van der Waals surface area contributed by atoms with Crippen molar-refractivity contribution in [3.05, 3.63) is 34.5 Å². The second kappa shape index (κ2) is 3.65. The number of fused-ring (bicyclic) bond motifs is 1. The second-order valence-electron chi connectivity index (χ2n) is 5.13. The van der Waals surface area contributed by atoms with Crippen molar-refractivity contribution >= 4 is 10.9 Å². The monoisotopic (exact) mass is 215 g/mol. The van der Waals surface area contributed by atoms with Gasteiger partial charge in [-0.15, -0.1) is 0 Å². The van der Waals surface area contributed by atoms with Crippen LogP contribution in [0.4, 0.5) is 0 Å². The molecule has 1 aromatic carbocycles. The summed E-state index contributed by atoms with van der Waals surface area (Å²) < 4.78 is 2.24. The lowest BCUT2D eigenvalue weighted by molar-refractivity contribution is 0.862. The van der Waals surface area contributed by atoms with Gasteiger partial charge >= 0.3 is 0 Å². The van der Waals surface area contributed by atoms with E-state index in [9.17, 15) is 0 Å². The number of hydrogen-bond donors (Lipinski definition) is 0. The van der Waals surface area contributed by atoms with Crippen LogP contribution in [0.3, 0.4) is 0 Å². The molecule has 0 radical (unpaired) electrons. The van der Waals surface area contributed by atoms with Gasteiger partial charge in [-0.1, -0.05) is 13.8 Å². The molecule has 0 spiro atoms. The maximum absolute atomic E-state index is 2.28. The number of rotatable bonds is 1. The fourth-order valence-electron chi connectivity index (χ4n) is 2.82. The minimum absolute atomic E-state index is 0.587. The van der Waals surface area contributed by atoms with Crippen molar-refractivity contribution < 1.29 is 0 Å². The zero-order chi connectivity index (χ0) is 12.0. The summed E-state index contributed by atoms with van der Waals surface area (Å²) in [6.45, 7) is 11.3. The van der Waals surface area contributed by atoms with Gasteiger partial charge in [-0.2, -0.15) is 0 Å². The normalized spacial score (nSPS) is 11.7. The van der Waals surface area contributed by atoms with Gasteiger partial charge in [0.2, 0.25) is 0 Å². The van der Waals surface area contributed by atoms with Crippen molar-refractivity contribution in [2.24, 2.45) is 7.05 Å². The molecule has 2 rings (SSSR count). The summed E-state index contributed by atoms with van der Waals surface area (Å²) in [4.78, 5) is 0. The number of hydrogen-bond acceptors (Lipinski definition) is 0. The topological polar surface area (TPSA) is 4.93 Å². The van der Waals surface area contributed by atoms with Crippen LogP contribution in [-0.2, 0) is 7.05 Å². The summed E-state index contributed by atoms with van der Waals surface area (Å²) in [5, 5.41) is 1.43. The minimum Gasteiger partial charge on any atom is -0.350 e. The Morgan fingerprint density at radius 2 is 1.62 bits per heavy atom. The highest BCUT2D eigenvalue weighted by atomic mass is 14.9. The highest BCUT2D eigenvalue weighted by Crippen LogP contribution is 2.34. The van der Waals surface area contributed by atoms with Gasteiger partial charge in [0, 0.05) is 18.6 Å². The molecule has 0 aliphatic rings. The van der Waals surface area contributed by atoms with Crippen LogP contribution in [0.25, 0.3) is 10.9 Å². The maximum Gasteiger partial charge on any atom is 0.0513 e. The molecular weight excluding hydrogens is 194 g/mol. The van der Waals surface area contributed by atoms with E-state index in [4.69, 9.17) is 0 Å². The molecule has 0 atom stereocenters. The molecule has 1 aromatic heterocycles. The maximum atomic E-state index is 2.28. The molecule has 1 heteroatoms. The van der Waals surface area contributed by atoms with Crippen molar-refractivity contribution in [2.75, 3.05) is 0 Å². The van der Waals surface area contributed by atoms with Gasteiger partial charge in [-0.25, -0.2) is 0 Å². The first-order valence-corrected chi connectivity index (χ1v) is 5.99. The SMILES string of the molecule is Cc1c(C)c(C)c2c(ccn2C)c1C(C)C. The summed E-state index contributed by atoms with van der Waals surface area (Å²) in [7, 11) is 2.13. The second-order valence-corrected chi connectivity index (χ2v) is 5.13. The molecule has 0 amide bonds. The van der Waals surface area contributed by atoms with Crippen molar-refractivity contribution in [1.82, 2.24) is 4.57 Å². The molecule has 0 saturated heterocycles. The zero-order valence-electron chi connectivity index (χ0n) is 11.2. The molecular formula is C15H21N. The van der Waals surface area contributed by atoms with E-state index in [0.29, 0.717) is 5.92 Å². The molecule has 0 unspecified atom stereocenters. The number of aromatic nitrogens is 1. The van der Waals surface area contributed by atoms with E-state index >= 15 is 0 Å². The van der Waals surface area contributed by atoms with Crippen molar-refractivity contribution in [2.45, 2.75) is 40.5 Å². The standard InChI is InChI=1S/C15H21N/c1-9(2)14-11(4)10(3)12(5)15-13(14)7-8-16(15)6/h7-9H,1-6H3. The molecule has 0 N–H and O–H groups in total. The Kier molecular flexibility index (Phi) is 2.57. The average molecular weight is 215 g/mol. The Morgan fingerprint density at radius 1 is 1.00 bits per heavy atom. The smallest absolute Gasteiger partial charge is 0.0513 e. The Morgan fingerprint density at radius 3 is 2.19 bits per heavy atom. The van der Waals surface area contributed by atoms with E-state index in [0.717, 1.165) is 0 Å². The van der Waals surface area contributed by atoms with Crippen LogP contribution in [0, 0.1) is 20.8 Å². The third-order valence-electron chi connectivity index (χ3n) is 3.82. The van der Waals surface area contributed by atoms with Gasteiger partial charge in [-0.05, 0) is 55.0 Å². The van der Waals surface area contributed by atoms with E-state index in [2.05, 4.69) is 58.5 Å². The molecule has 0 aliphatic carbocycles. The first-order chi connectivity index (χ1) is 7.45.